The minimum absolute atomic E-state index is 0.151. The number of rotatable bonds is 4. The van der Waals surface area contributed by atoms with Crippen molar-refractivity contribution in [3.8, 4) is 0 Å². The van der Waals surface area contributed by atoms with Crippen LogP contribution < -0.4 is 0 Å². The van der Waals surface area contributed by atoms with Crippen LogP contribution in [-0.4, -0.2) is 92.3 Å². The molecule has 0 aromatic carbocycles. The van der Waals surface area contributed by atoms with E-state index in [0.29, 0.717) is 31.8 Å². The van der Waals surface area contributed by atoms with Crippen molar-refractivity contribution in [1.29, 1.82) is 0 Å². The first-order valence-corrected chi connectivity index (χ1v) is 8.39. The van der Waals surface area contributed by atoms with Gasteiger partial charge in [-0.15, -0.1) is 0 Å². The average molecular weight is 327 g/mol. The van der Waals surface area contributed by atoms with Crippen LogP contribution in [0.5, 0.6) is 0 Å². The number of hydrogen-bond acceptors (Lipinski definition) is 6. The van der Waals surface area contributed by atoms with Crippen molar-refractivity contribution in [3.05, 3.63) is 0 Å². The average Bonchev–Trinajstić information content (AvgIpc) is 3.00. The van der Waals surface area contributed by atoms with Crippen molar-refractivity contribution in [2.24, 2.45) is 0 Å². The summed E-state index contributed by atoms with van der Waals surface area (Å²) in [6, 6.07) is 0.503. The molecule has 0 spiro atoms. The molecule has 23 heavy (non-hydrogen) atoms. The molecular weight excluding hydrogens is 298 g/mol. The summed E-state index contributed by atoms with van der Waals surface area (Å²) in [6.07, 6.45) is 2.31. The molecule has 7 heteroatoms. The van der Waals surface area contributed by atoms with Crippen molar-refractivity contribution in [2.45, 2.75) is 44.3 Å². The fourth-order valence-electron chi connectivity index (χ4n) is 3.58. The maximum absolute atomic E-state index is 12.1. The van der Waals surface area contributed by atoms with E-state index in [1.54, 1.807) is 4.90 Å². The lowest BCUT2D eigenvalue weighted by molar-refractivity contribution is -0.147. The zero-order valence-corrected chi connectivity index (χ0v) is 14.7. The second-order valence-corrected chi connectivity index (χ2v) is 6.51. The normalized spacial score (nSPS) is 26.6. The highest BCUT2D eigenvalue weighted by atomic mass is 16.6. The first-order valence-electron chi connectivity index (χ1n) is 8.39. The highest BCUT2D eigenvalue weighted by molar-refractivity contribution is 5.76. The van der Waals surface area contributed by atoms with Gasteiger partial charge in [0.25, 0.3) is 0 Å². The quantitative estimate of drug-likeness (QED) is 0.711. The van der Waals surface area contributed by atoms with E-state index in [-0.39, 0.29) is 18.1 Å². The van der Waals surface area contributed by atoms with Crippen LogP contribution in [0.2, 0.25) is 0 Å². The van der Waals surface area contributed by atoms with Crippen molar-refractivity contribution in [2.75, 3.05) is 47.4 Å². The number of likely N-dealkylation sites (N-methyl/N-ethyl adjacent to an activating group) is 1. The van der Waals surface area contributed by atoms with Crippen LogP contribution in [0, 0.1) is 0 Å². The molecule has 2 rings (SSSR count). The Bertz CT molecular complexity index is 422. The summed E-state index contributed by atoms with van der Waals surface area (Å²) < 4.78 is 10.1. The Kier molecular flexibility index (Phi) is 6.24. The number of amides is 1. The Morgan fingerprint density at radius 3 is 2.39 bits per heavy atom. The van der Waals surface area contributed by atoms with Gasteiger partial charge in [0, 0.05) is 31.7 Å². The molecule has 0 aromatic rings. The number of ether oxygens (including phenoxy) is 2. The number of carbonyl (C=O) groups excluding carboxylic acids is 2. The van der Waals surface area contributed by atoms with E-state index in [1.807, 2.05) is 21.0 Å². The number of likely N-dealkylation sites (tertiary alicyclic amines) is 2. The molecule has 2 aliphatic rings. The highest BCUT2D eigenvalue weighted by Gasteiger charge is 2.42. The van der Waals surface area contributed by atoms with Gasteiger partial charge in [0.05, 0.1) is 13.7 Å². The van der Waals surface area contributed by atoms with Crippen LogP contribution in [0.15, 0.2) is 0 Å². The Morgan fingerprint density at radius 2 is 1.87 bits per heavy atom. The number of carbonyl (C=O) groups is 2. The summed E-state index contributed by atoms with van der Waals surface area (Å²) >= 11 is 0. The SMILES string of the molecule is CCOC(=O)N1CCC(N2C[C@H](N(C)C)C[C@H]2C(=O)OC)CC1. The van der Waals surface area contributed by atoms with Gasteiger partial charge in [0.1, 0.15) is 6.04 Å². The second-order valence-electron chi connectivity index (χ2n) is 6.51. The number of nitrogens with zero attached hydrogens (tertiary/aromatic N) is 3. The first kappa shape index (κ1) is 18.0. The smallest absolute Gasteiger partial charge is 0.409 e. The van der Waals surface area contributed by atoms with Gasteiger partial charge in [-0.3, -0.25) is 9.69 Å². The molecule has 0 saturated carbocycles. The molecule has 2 atom stereocenters. The highest BCUT2D eigenvalue weighted by Crippen LogP contribution is 2.28. The van der Waals surface area contributed by atoms with Crippen LogP contribution in [0.4, 0.5) is 4.79 Å². The van der Waals surface area contributed by atoms with Crippen LogP contribution in [0.25, 0.3) is 0 Å². The molecule has 132 valence electrons. The van der Waals surface area contributed by atoms with Crippen molar-refractivity contribution in [3.63, 3.8) is 0 Å². The molecule has 1 amide bonds. The predicted octanol–water partition coefficient (Wildman–Crippen LogP) is 0.785. The Morgan fingerprint density at radius 1 is 1.22 bits per heavy atom. The molecule has 7 nitrogen and oxygen atoms in total. The third kappa shape index (κ3) is 4.14. The molecule has 2 aliphatic heterocycles. The summed E-state index contributed by atoms with van der Waals surface area (Å²) in [5.74, 6) is -0.151. The van der Waals surface area contributed by atoms with Gasteiger partial charge in [0.2, 0.25) is 0 Å². The number of hydrogen-bond donors (Lipinski definition) is 0. The Balaban J connectivity index is 1.97. The number of methoxy groups -OCH3 is 1. The lowest BCUT2D eigenvalue weighted by Crippen LogP contribution is -2.50. The maximum atomic E-state index is 12.1. The molecule has 0 radical (unpaired) electrons. The largest absolute Gasteiger partial charge is 0.468 e. The lowest BCUT2D eigenvalue weighted by atomic mass is 10.0. The summed E-state index contributed by atoms with van der Waals surface area (Å²) in [5.41, 5.74) is 0. The predicted molar refractivity (Wildman–Crippen MR) is 86.2 cm³/mol. The van der Waals surface area contributed by atoms with Gasteiger partial charge < -0.3 is 19.3 Å². The fraction of sp³-hybridized carbons (Fsp3) is 0.875. The standard InChI is InChI=1S/C16H29N3O4/c1-5-23-16(21)18-8-6-12(7-9-18)19-11-13(17(2)3)10-14(19)15(20)22-4/h12-14H,5-11H2,1-4H3/t13-,14+/m1/s1. The van der Waals surface area contributed by atoms with Gasteiger partial charge in [-0.2, -0.15) is 0 Å². The molecule has 2 fully saturated rings. The van der Waals surface area contributed by atoms with Crippen molar-refractivity contribution >= 4 is 12.1 Å². The van der Waals surface area contributed by atoms with Crippen molar-refractivity contribution in [1.82, 2.24) is 14.7 Å². The zero-order valence-electron chi connectivity index (χ0n) is 14.7. The van der Waals surface area contributed by atoms with E-state index in [4.69, 9.17) is 9.47 Å². The lowest BCUT2D eigenvalue weighted by Gasteiger charge is -2.38. The third-order valence-corrected chi connectivity index (χ3v) is 4.98. The summed E-state index contributed by atoms with van der Waals surface area (Å²) in [6.45, 7) is 4.45. The summed E-state index contributed by atoms with van der Waals surface area (Å²) in [4.78, 5) is 30.1. The zero-order chi connectivity index (χ0) is 17.0. The minimum atomic E-state index is -0.233. The van der Waals surface area contributed by atoms with E-state index in [2.05, 4.69) is 9.80 Å². The van der Waals surface area contributed by atoms with Gasteiger partial charge in [-0.25, -0.2) is 4.79 Å². The van der Waals surface area contributed by atoms with E-state index in [9.17, 15) is 9.59 Å². The Labute approximate surface area is 138 Å². The van der Waals surface area contributed by atoms with Crippen LogP contribution in [0.3, 0.4) is 0 Å². The number of piperidine rings is 1. The molecule has 0 N–H and O–H groups in total. The van der Waals surface area contributed by atoms with E-state index in [0.717, 1.165) is 25.8 Å². The third-order valence-electron chi connectivity index (χ3n) is 4.98. The monoisotopic (exact) mass is 327 g/mol. The maximum Gasteiger partial charge on any atom is 0.409 e. The van der Waals surface area contributed by atoms with E-state index in [1.165, 1.54) is 7.11 Å². The molecular formula is C16H29N3O4. The fourth-order valence-corrected chi connectivity index (χ4v) is 3.58. The first-order chi connectivity index (χ1) is 11.0. The summed E-state index contributed by atoms with van der Waals surface area (Å²) in [7, 11) is 5.55. The second kappa shape index (κ2) is 7.97. The van der Waals surface area contributed by atoms with Gasteiger partial charge in [-0.05, 0) is 40.3 Å². The molecule has 2 saturated heterocycles. The van der Waals surface area contributed by atoms with E-state index >= 15 is 0 Å². The molecule has 0 bridgehead atoms. The number of esters is 1. The van der Waals surface area contributed by atoms with Crippen LogP contribution in [-0.2, 0) is 14.3 Å². The van der Waals surface area contributed by atoms with Crippen LogP contribution in [0.1, 0.15) is 26.2 Å². The van der Waals surface area contributed by atoms with Gasteiger partial charge in [0.15, 0.2) is 0 Å². The topological polar surface area (TPSA) is 62.3 Å². The summed E-state index contributed by atoms with van der Waals surface area (Å²) in [5, 5.41) is 0. The molecule has 0 aliphatic carbocycles. The van der Waals surface area contributed by atoms with Gasteiger partial charge >= 0.3 is 12.1 Å². The van der Waals surface area contributed by atoms with E-state index < -0.39 is 0 Å². The van der Waals surface area contributed by atoms with Crippen LogP contribution >= 0.6 is 0 Å². The van der Waals surface area contributed by atoms with Gasteiger partial charge in [-0.1, -0.05) is 0 Å². The molecule has 0 unspecified atom stereocenters. The molecule has 2 heterocycles. The minimum Gasteiger partial charge on any atom is -0.468 e. The Hall–Kier alpha value is -1.34. The molecule has 0 aromatic heterocycles. The van der Waals surface area contributed by atoms with Crippen molar-refractivity contribution < 1.29 is 19.1 Å².